The molecule has 7 heteroatoms. The number of carbonyl (C=O) groups is 1. The highest BCUT2D eigenvalue weighted by Crippen LogP contribution is 2.27. The highest BCUT2D eigenvalue weighted by atomic mass is 35.5. The van der Waals surface area contributed by atoms with E-state index in [0.29, 0.717) is 22.9 Å². The Morgan fingerprint density at radius 1 is 1.55 bits per heavy atom. The van der Waals surface area contributed by atoms with Crippen LogP contribution in [0.25, 0.3) is 0 Å². The molecule has 1 aromatic carbocycles. The van der Waals surface area contributed by atoms with Gasteiger partial charge >= 0.3 is 0 Å². The number of hydrogen-bond acceptors (Lipinski definition) is 4. The number of nitrogens with one attached hydrogen (secondary N) is 1. The van der Waals surface area contributed by atoms with Gasteiger partial charge in [-0.15, -0.1) is 0 Å². The minimum Gasteiger partial charge on any atom is -0.506 e. The van der Waals surface area contributed by atoms with E-state index in [9.17, 15) is 9.90 Å². The van der Waals surface area contributed by atoms with Crippen molar-refractivity contribution in [1.82, 2.24) is 9.78 Å². The molecule has 0 saturated heterocycles. The summed E-state index contributed by atoms with van der Waals surface area (Å²) in [6.45, 7) is 4.19. The number of aromatic hydroxyl groups is 1. The number of phenols is 1. The Hall–Kier alpha value is -2.05. The molecule has 0 fully saturated rings. The Morgan fingerprint density at radius 2 is 2.27 bits per heavy atom. The van der Waals surface area contributed by atoms with Crippen LogP contribution in [-0.4, -0.2) is 34.5 Å². The van der Waals surface area contributed by atoms with E-state index < -0.39 is 0 Å². The van der Waals surface area contributed by atoms with Crippen LogP contribution in [0.2, 0.25) is 5.02 Å². The average molecular weight is 324 g/mol. The van der Waals surface area contributed by atoms with Gasteiger partial charge < -0.3 is 15.2 Å². The molecule has 0 spiro atoms. The molecule has 0 saturated carbocycles. The van der Waals surface area contributed by atoms with Crippen molar-refractivity contribution in [1.29, 1.82) is 0 Å². The fourth-order valence-corrected chi connectivity index (χ4v) is 2.22. The normalized spacial score (nSPS) is 12.2. The Morgan fingerprint density at radius 3 is 2.95 bits per heavy atom. The summed E-state index contributed by atoms with van der Waals surface area (Å²) in [5.41, 5.74) is 1.29. The summed E-state index contributed by atoms with van der Waals surface area (Å²) >= 11 is 5.87. The zero-order valence-electron chi connectivity index (χ0n) is 12.6. The number of hydrogen-bond donors (Lipinski definition) is 2. The average Bonchev–Trinajstić information content (AvgIpc) is 2.85. The number of ether oxygens (including phenoxy) is 1. The molecule has 1 amide bonds. The summed E-state index contributed by atoms with van der Waals surface area (Å²) in [5.74, 6) is -0.401. The lowest BCUT2D eigenvalue weighted by Gasteiger charge is -2.10. The van der Waals surface area contributed by atoms with Gasteiger partial charge in [-0.1, -0.05) is 11.6 Å². The first-order valence-corrected chi connectivity index (χ1v) is 7.14. The first-order valence-electron chi connectivity index (χ1n) is 6.77. The SMILES string of the molecule is COC[C@@H](C)n1cc(C(=O)Nc2cc(Cl)ccc2O)c(C)n1. The van der Waals surface area contributed by atoms with E-state index in [1.807, 2.05) is 6.92 Å². The lowest BCUT2D eigenvalue weighted by molar-refractivity contribution is 0.102. The standard InChI is InChI=1S/C15H18ClN3O3/c1-9(8-22-3)19-7-12(10(2)18-19)15(21)17-13-6-11(16)4-5-14(13)20/h4-7,9,20H,8H2,1-3H3,(H,17,21)/t9-/m1/s1. The Balaban J connectivity index is 2.21. The monoisotopic (exact) mass is 323 g/mol. The van der Waals surface area contributed by atoms with Crippen LogP contribution in [0.5, 0.6) is 5.75 Å². The van der Waals surface area contributed by atoms with Gasteiger partial charge in [-0.05, 0) is 32.0 Å². The summed E-state index contributed by atoms with van der Waals surface area (Å²) in [7, 11) is 1.61. The van der Waals surface area contributed by atoms with Crippen LogP contribution in [0.4, 0.5) is 5.69 Å². The molecular formula is C15H18ClN3O3. The minimum atomic E-state index is -0.356. The molecule has 2 rings (SSSR count). The number of aryl methyl sites for hydroxylation is 1. The third-order valence-corrected chi connectivity index (χ3v) is 3.46. The van der Waals surface area contributed by atoms with Gasteiger partial charge in [-0.2, -0.15) is 5.10 Å². The number of anilines is 1. The number of carbonyl (C=O) groups excluding carboxylic acids is 1. The van der Waals surface area contributed by atoms with Crippen molar-refractivity contribution >= 4 is 23.2 Å². The number of methoxy groups -OCH3 is 1. The van der Waals surface area contributed by atoms with Crippen LogP contribution in [-0.2, 0) is 4.74 Å². The van der Waals surface area contributed by atoms with Crippen molar-refractivity contribution < 1.29 is 14.6 Å². The molecule has 6 nitrogen and oxygen atoms in total. The second-order valence-electron chi connectivity index (χ2n) is 5.03. The lowest BCUT2D eigenvalue weighted by atomic mass is 10.2. The van der Waals surface area contributed by atoms with Gasteiger partial charge in [0.15, 0.2) is 0 Å². The van der Waals surface area contributed by atoms with Gasteiger partial charge in [0.1, 0.15) is 5.75 Å². The molecular weight excluding hydrogens is 306 g/mol. The summed E-state index contributed by atoms with van der Waals surface area (Å²) < 4.78 is 6.77. The lowest BCUT2D eigenvalue weighted by Crippen LogP contribution is -2.13. The molecule has 2 N–H and O–H groups in total. The van der Waals surface area contributed by atoms with E-state index in [1.54, 1.807) is 31.0 Å². The molecule has 0 bridgehead atoms. The summed E-state index contributed by atoms with van der Waals surface area (Å²) in [6, 6.07) is 4.48. The van der Waals surface area contributed by atoms with Crippen LogP contribution in [0.15, 0.2) is 24.4 Å². The second kappa shape index (κ2) is 6.81. The molecule has 1 atom stereocenters. The Bertz CT molecular complexity index is 685. The summed E-state index contributed by atoms with van der Waals surface area (Å²) in [4.78, 5) is 12.3. The van der Waals surface area contributed by atoms with E-state index in [0.717, 1.165) is 0 Å². The Kier molecular flexibility index (Phi) is 5.05. The maximum absolute atomic E-state index is 12.3. The largest absolute Gasteiger partial charge is 0.506 e. The second-order valence-corrected chi connectivity index (χ2v) is 5.46. The van der Waals surface area contributed by atoms with Crippen LogP contribution in [0, 0.1) is 6.92 Å². The molecule has 118 valence electrons. The highest BCUT2D eigenvalue weighted by molar-refractivity contribution is 6.31. The zero-order valence-corrected chi connectivity index (χ0v) is 13.4. The zero-order chi connectivity index (χ0) is 16.3. The van der Waals surface area contributed by atoms with E-state index >= 15 is 0 Å². The molecule has 22 heavy (non-hydrogen) atoms. The number of phenolic OH excluding ortho intramolecular Hbond substituents is 1. The van der Waals surface area contributed by atoms with Crippen molar-refractivity contribution in [3.8, 4) is 5.75 Å². The number of halogens is 1. The maximum atomic E-state index is 12.3. The van der Waals surface area contributed by atoms with Crippen molar-refractivity contribution in [3.63, 3.8) is 0 Å². The third-order valence-electron chi connectivity index (χ3n) is 3.23. The van der Waals surface area contributed by atoms with Gasteiger partial charge in [-0.25, -0.2) is 0 Å². The number of nitrogens with zero attached hydrogens (tertiary/aromatic N) is 2. The summed E-state index contributed by atoms with van der Waals surface area (Å²) in [6.07, 6.45) is 1.66. The molecule has 2 aromatic rings. The molecule has 0 aliphatic heterocycles. The van der Waals surface area contributed by atoms with Crippen molar-refractivity contribution in [2.75, 3.05) is 19.0 Å². The van der Waals surface area contributed by atoms with Crippen molar-refractivity contribution in [2.24, 2.45) is 0 Å². The minimum absolute atomic E-state index is 0.0184. The van der Waals surface area contributed by atoms with Gasteiger partial charge in [-0.3, -0.25) is 9.48 Å². The number of aromatic nitrogens is 2. The Labute approximate surface area is 133 Å². The topological polar surface area (TPSA) is 76.4 Å². The van der Waals surface area contributed by atoms with Gasteiger partial charge in [0.2, 0.25) is 0 Å². The molecule has 0 aliphatic carbocycles. The fraction of sp³-hybridized carbons (Fsp3) is 0.333. The highest BCUT2D eigenvalue weighted by Gasteiger charge is 2.17. The van der Waals surface area contributed by atoms with E-state index in [2.05, 4.69) is 10.4 Å². The number of amides is 1. The molecule has 0 aliphatic rings. The van der Waals surface area contributed by atoms with E-state index in [1.165, 1.54) is 12.1 Å². The van der Waals surface area contributed by atoms with Crippen LogP contribution in [0.3, 0.4) is 0 Å². The molecule has 1 aromatic heterocycles. The van der Waals surface area contributed by atoms with Crippen molar-refractivity contribution in [3.05, 3.63) is 40.7 Å². The predicted octanol–water partition coefficient (Wildman–Crippen LogP) is 3.01. The first-order chi connectivity index (χ1) is 10.4. The fourth-order valence-electron chi connectivity index (χ4n) is 2.05. The first kappa shape index (κ1) is 16.3. The predicted molar refractivity (Wildman–Crippen MR) is 84.6 cm³/mol. The smallest absolute Gasteiger partial charge is 0.259 e. The molecule has 0 unspecified atom stereocenters. The number of benzene rings is 1. The van der Waals surface area contributed by atoms with Gasteiger partial charge in [0.05, 0.1) is 29.6 Å². The van der Waals surface area contributed by atoms with Crippen LogP contribution in [0.1, 0.15) is 29.0 Å². The quantitative estimate of drug-likeness (QED) is 0.829. The van der Waals surface area contributed by atoms with E-state index in [-0.39, 0.29) is 23.4 Å². The summed E-state index contributed by atoms with van der Waals surface area (Å²) in [5, 5.41) is 17.1. The van der Waals surface area contributed by atoms with Gasteiger partial charge in [0.25, 0.3) is 5.91 Å². The number of rotatable bonds is 5. The van der Waals surface area contributed by atoms with E-state index in [4.69, 9.17) is 16.3 Å². The van der Waals surface area contributed by atoms with Gasteiger partial charge in [0, 0.05) is 18.3 Å². The molecule has 0 radical (unpaired) electrons. The molecule has 1 heterocycles. The van der Waals surface area contributed by atoms with Crippen LogP contribution >= 0.6 is 11.6 Å². The van der Waals surface area contributed by atoms with Crippen LogP contribution < -0.4 is 5.32 Å². The third kappa shape index (κ3) is 3.58. The van der Waals surface area contributed by atoms with Crippen molar-refractivity contribution in [2.45, 2.75) is 19.9 Å². The maximum Gasteiger partial charge on any atom is 0.259 e.